The van der Waals surface area contributed by atoms with Gasteiger partial charge in [0.2, 0.25) is 0 Å². The molecule has 0 aliphatic rings. The summed E-state index contributed by atoms with van der Waals surface area (Å²) >= 11 is 11.8. The third-order valence-electron chi connectivity index (χ3n) is 1.93. The Hall–Kier alpha value is -1.65. The van der Waals surface area contributed by atoms with Gasteiger partial charge in [-0.05, 0) is 6.07 Å². The zero-order valence-corrected chi connectivity index (χ0v) is 10.2. The van der Waals surface area contributed by atoms with Gasteiger partial charge < -0.3 is 0 Å². The third kappa shape index (κ3) is 3.15. The van der Waals surface area contributed by atoms with Crippen molar-refractivity contribution in [3.63, 3.8) is 0 Å². The van der Waals surface area contributed by atoms with Crippen LogP contribution in [0.2, 0.25) is 10.2 Å². The molecule has 0 saturated heterocycles. The van der Waals surface area contributed by atoms with Crippen LogP contribution in [0.1, 0.15) is 5.56 Å². The smallest absolute Gasteiger partial charge is 0.184 e. The van der Waals surface area contributed by atoms with E-state index in [1.807, 2.05) is 18.2 Å². The minimum absolute atomic E-state index is 0.267. The number of rotatable bonds is 3. The van der Waals surface area contributed by atoms with Crippen LogP contribution in [0, 0.1) is 0 Å². The highest BCUT2D eigenvalue weighted by Crippen LogP contribution is 2.15. The fourth-order valence-electron chi connectivity index (χ4n) is 1.14. The molecule has 0 bridgehead atoms. The number of benzene rings is 1. The van der Waals surface area contributed by atoms with Crippen molar-refractivity contribution in [3.8, 4) is 0 Å². The van der Waals surface area contributed by atoms with Crippen LogP contribution in [0.5, 0.6) is 0 Å². The average molecular weight is 267 g/mol. The first-order valence-corrected chi connectivity index (χ1v) is 5.53. The van der Waals surface area contributed by atoms with Crippen LogP contribution >= 0.6 is 23.2 Å². The Morgan fingerprint density at radius 2 is 1.88 bits per heavy atom. The standard InChI is InChI=1S/C11H8Cl2N4/c12-9-4-2-1-3-8(9)7-16-17-11-10(13)14-5-6-15-11/h1-7H,(H,15,17)/b16-7+. The summed E-state index contributed by atoms with van der Waals surface area (Å²) in [5, 5.41) is 4.88. The molecule has 0 aliphatic heterocycles. The van der Waals surface area contributed by atoms with Crippen LogP contribution in [0.3, 0.4) is 0 Å². The second-order valence-electron chi connectivity index (χ2n) is 3.09. The average Bonchev–Trinajstić information content (AvgIpc) is 2.34. The number of halogens is 2. The molecule has 2 aromatic rings. The molecule has 1 heterocycles. The first kappa shape index (κ1) is 11.8. The monoisotopic (exact) mass is 266 g/mol. The lowest BCUT2D eigenvalue weighted by Gasteiger charge is -2.00. The molecule has 2 rings (SSSR count). The van der Waals surface area contributed by atoms with Crippen molar-refractivity contribution in [2.75, 3.05) is 5.43 Å². The van der Waals surface area contributed by atoms with E-state index >= 15 is 0 Å². The van der Waals surface area contributed by atoms with Crippen molar-refractivity contribution in [1.82, 2.24) is 9.97 Å². The van der Waals surface area contributed by atoms with Crippen LogP contribution in [0.25, 0.3) is 0 Å². The quantitative estimate of drug-likeness (QED) is 0.686. The SMILES string of the molecule is Clc1ccccc1/C=N/Nc1nccnc1Cl. The van der Waals surface area contributed by atoms with E-state index in [2.05, 4.69) is 20.5 Å². The number of hydrazone groups is 1. The maximum Gasteiger partial charge on any atom is 0.184 e. The van der Waals surface area contributed by atoms with E-state index in [0.717, 1.165) is 5.56 Å². The summed E-state index contributed by atoms with van der Waals surface area (Å²) in [5.74, 6) is 0.400. The van der Waals surface area contributed by atoms with E-state index in [4.69, 9.17) is 23.2 Å². The highest BCUT2D eigenvalue weighted by Gasteiger charge is 1.99. The van der Waals surface area contributed by atoms with Crippen LogP contribution in [-0.4, -0.2) is 16.2 Å². The maximum atomic E-state index is 5.96. The highest BCUT2D eigenvalue weighted by atomic mass is 35.5. The Labute approximate surface area is 108 Å². The van der Waals surface area contributed by atoms with Crippen molar-refractivity contribution in [2.24, 2.45) is 5.10 Å². The first-order chi connectivity index (χ1) is 8.27. The minimum atomic E-state index is 0.267. The molecule has 0 saturated carbocycles. The predicted octanol–water partition coefficient (Wildman–Crippen LogP) is 3.23. The highest BCUT2D eigenvalue weighted by molar-refractivity contribution is 6.33. The number of nitrogens with one attached hydrogen (secondary N) is 1. The van der Waals surface area contributed by atoms with Crippen molar-refractivity contribution in [1.29, 1.82) is 0 Å². The largest absolute Gasteiger partial charge is 0.259 e. The molecule has 0 fully saturated rings. The molecule has 0 aliphatic carbocycles. The molecule has 0 radical (unpaired) electrons. The minimum Gasteiger partial charge on any atom is -0.259 e. The summed E-state index contributed by atoms with van der Waals surface area (Å²) in [5.41, 5.74) is 3.50. The Balaban J connectivity index is 2.09. The summed E-state index contributed by atoms with van der Waals surface area (Å²) in [6.07, 6.45) is 4.62. The lowest BCUT2D eigenvalue weighted by atomic mass is 10.2. The van der Waals surface area contributed by atoms with Crippen LogP contribution in [-0.2, 0) is 0 Å². The normalized spacial score (nSPS) is 10.7. The van der Waals surface area contributed by atoms with Crippen molar-refractivity contribution < 1.29 is 0 Å². The summed E-state index contributed by atoms with van der Waals surface area (Å²) in [7, 11) is 0. The number of aromatic nitrogens is 2. The predicted molar refractivity (Wildman–Crippen MR) is 69.7 cm³/mol. The molecule has 0 unspecified atom stereocenters. The molecular weight excluding hydrogens is 259 g/mol. The van der Waals surface area contributed by atoms with E-state index < -0.39 is 0 Å². The van der Waals surface area contributed by atoms with Gasteiger partial charge in [-0.1, -0.05) is 41.4 Å². The Morgan fingerprint density at radius 3 is 2.65 bits per heavy atom. The lowest BCUT2D eigenvalue weighted by Crippen LogP contribution is -1.95. The maximum absolute atomic E-state index is 5.96. The number of hydrogen-bond donors (Lipinski definition) is 1. The van der Waals surface area contributed by atoms with Crippen molar-refractivity contribution in [3.05, 3.63) is 52.4 Å². The molecule has 0 spiro atoms. The van der Waals surface area contributed by atoms with Crippen LogP contribution < -0.4 is 5.43 Å². The van der Waals surface area contributed by atoms with Gasteiger partial charge in [0.25, 0.3) is 0 Å². The lowest BCUT2D eigenvalue weighted by molar-refractivity contribution is 1.16. The van der Waals surface area contributed by atoms with Gasteiger partial charge in [-0.2, -0.15) is 5.10 Å². The Kier molecular flexibility index (Phi) is 3.90. The van der Waals surface area contributed by atoms with E-state index in [9.17, 15) is 0 Å². The molecule has 17 heavy (non-hydrogen) atoms. The van der Waals surface area contributed by atoms with Crippen LogP contribution in [0.15, 0.2) is 41.8 Å². The van der Waals surface area contributed by atoms with Gasteiger partial charge in [-0.15, -0.1) is 0 Å². The second-order valence-corrected chi connectivity index (χ2v) is 3.85. The summed E-state index contributed by atoms with van der Waals surface area (Å²) in [6.45, 7) is 0. The van der Waals surface area contributed by atoms with Gasteiger partial charge in [-0.3, -0.25) is 5.43 Å². The summed E-state index contributed by atoms with van der Waals surface area (Å²) < 4.78 is 0. The Morgan fingerprint density at radius 1 is 1.12 bits per heavy atom. The van der Waals surface area contributed by atoms with E-state index in [1.165, 1.54) is 12.4 Å². The van der Waals surface area contributed by atoms with E-state index in [-0.39, 0.29) is 5.15 Å². The molecule has 0 atom stereocenters. The van der Waals surface area contributed by atoms with Gasteiger partial charge >= 0.3 is 0 Å². The van der Waals surface area contributed by atoms with Crippen molar-refractivity contribution in [2.45, 2.75) is 0 Å². The van der Waals surface area contributed by atoms with Crippen LogP contribution in [0.4, 0.5) is 5.82 Å². The number of anilines is 1. The zero-order valence-electron chi connectivity index (χ0n) is 8.64. The molecule has 0 amide bonds. The van der Waals surface area contributed by atoms with E-state index in [1.54, 1.807) is 12.3 Å². The van der Waals surface area contributed by atoms with Gasteiger partial charge in [0.15, 0.2) is 11.0 Å². The summed E-state index contributed by atoms with van der Waals surface area (Å²) in [6, 6.07) is 7.37. The molecule has 1 N–H and O–H groups in total. The topological polar surface area (TPSA) is 50.2 Å². The molecule has 4 nitrogen and oxygen atoms in total. The van der Waals surface area contributed by atoms with Gasteiger partial charge in [0.1, 0.15) is 0 Å². The van der Waals surface area contributed by atoms with E-state index in [0.29, 0.717) is 10.8 Å². The fourth-order valence-corrected chi connectivity index (χ4v) is 1.47. The molecule has 86 valence electrons. The van der Waals surface area contributed by atoms with Gasteiger partial charge in [-0.25, -0.2) is 9.97 Å². The first-order valence-electron chi connectivity index (χ1n) is 4.77. The zero-order chi connectivity index (χ0) is 12.1. The number of hydrogen-bond acceptors (Lipinski definition) is 4. The number of nitrogens with zero attached hydrogens (tertiary/aromatic N) is 3. The van der Waals surface area contributed by atoms with Gasteiger partial charge in [0, 0.05) is 23.0 Å². The molecular formula is C11H8Cl2N4. The Bertz CT molecular complexity index is 542. The van der Waals surface area contributed by atoms with Gasteiger partial charge in [0.05, 0.1) is 6.21 Å². The second kappa shape index (κ2) is 5.61. The fraction of sp³-hybridized carbons (Fsp3) is 0. The van der Waals surface area contributed by atoms with Crippen molar-refractivity contribution >= 4 is 35.2 Å². The summed E-state index contributed by atoms with van der Waals surface area (Å²) in [4.78, 5) is 7.84. The third-order valence-corrected chi connectivity index (χ3v) is 2.55. The molecule has 6 heteroatoms. The molecule has 1 aromatic carbocycles. The molecule has 1 aromatic heterocycles.